The summed E-state index contributed by atoms with van der Waals surface area (Å²) in [5, 5.41) is 12.6. The third-order valence-electron chi connectivity index (χ3n) is 1.68. The number of ether oxygens (including phenoxy) is 1. The Morgan fingerprint density at radius 3 is 3.36 bits per heavy atom. The minimum Gasteiger partial charge on any atom is -0.373 e. The fourth-order valence-electron chi connectivity index (χ4n) is 1.15. The molecule has 2 rings (SSSR count). The van der Waals surface area contributed by atoms with Crippen LogP contribution in [-0.2, 0) is 17.9 Å². The maximum atomic E-state index is 8.52. The molecule has 0 saturated carbocycles. The molecule has 0 radical (unpaired) electrons. The van der Waals surface area contributed by atoms with Crippen LogP contribution < -0.4 is 0 Å². The van der Waals surface area contributed by atoms with E-state index in [9.17, 15) is 0 Å². The molecular weight excluding hydrogens is 142 g/mol. The van der Waals surface area contributed by atoms with E-state index in [0.29, 0.717) is 18.9 Å². The second-order valence-corrected chi connectivity index (χ2v) is 2.41. The van der Waals surface area contributed by atoms with Crippen LogP contribution in [0.5, 0.6) is 0 Å². The highest BCUT2D eigenvalue weighted by Gasteiger charge is 2.11. The molecular formula is C7H7N3O. The Morgan fingerprint density at radius 2 is 2.64 bits per heavy atom. The van der Waals surface area contributed by atoms with Gasteiger partial charge in [0.15, 0.2) is 5.69 Å². The zero-order valence-corrected chi connectivity index (χ0v) is 5.95. The van der Waals surface area contributed by atoms with Gasteiger partial charge in [-0.15, -0.1) is 0 Å². The molecule has 4 nitrogen and oxygen atoms in total. The molecule has 1 aromatic heterocycles. The summed E-state index contributed by atoms with van der Waals surface area (Å²) in [6.45, 7) is 2.03. The third kappa shape index (κ3) is 0.994. The summed E-state index contributed by atoms with van der Waals surface area (Å²) in [5.74, 6) is 0. The van der Waals surface area contributed by atoms with Crippen molar-refractivity contribution in [2.45, 2.75) is 13.2 Å². The van der Waals surface area contributed by atoms with Crippen LogP contribution in [0.3, 0.4) is 0 Å². The molecule has 1 aliphatic heterocycles. The summed E-state index contributed by atoms with van der Waals surface area (Å²) < 4.78 is 7.00. The normalized spacial score (nSPS) is 15.5. The van der Waals surface area contributed by atoms with Crippen molar-refractivity contribution in [2.75, 3.05) is 6.61 Å². The highest BCUT2D eigenvalue weighted by molar-refractivity contribution is 5.22. The highest BCUT2D eigenvalue weighted by atomic mass is 16.5. The zero-order valence-electron chi connectivity index (χ0n) is 5.95. The van der Waals surface area contributed by atoms with E-state index in [2.05, 4.69) is 5.10 Å². The average Bonchev–Trinajstić information content (AvgIpc) is 2.46. The van der Waals surface area contributed by atoms with E-state index in [1.807, 2.05) is 10.8 Å². The van der Waals surface area contributed by atoms with Crippen LogP contribution in [0, 0.1) is 11.3 Å². The first-order valence-corrected chi connectivity index (χ1v) is 3.45. The topological polar surface area (TPSA) is 50.8 Å². The number of fused-ring (bicyclic) bond motifs is 1. The smallest absolute Gasteiger partial charge is 0.162 e. The molecule has 11 heavy (non-hydrogen) atoms. The van der Waals surface area contributed by atoms with E-state index < -0.39 is 0 Å². The first kappa shape index (κ1) is 6.38. The molecule has 0 aliphatic carbocycles. The fraction of sp³-hybridized carbons (Fsp3) is 0.429. The van der Waals surface area contributed by atoms with Gasteiger partial charge in [-0.25, -0.2) is 0 Å². The first-order valence-electron chi connectivity index (χ1n) is 3.45. The van der Waals surface area contributed by atoms with Gasteiger partial charge in [0.2, 0.25) is 0 Å². The summed E-state index contributed by atoms with van der Waals surface area (Å²) in [4.78, 5) is 0. The van der Waals surface area contributed by atoms with E-state index in [1.165, 1.54) is 0 Å². The Kier molecular flexibility index (Phi) is 1.37. The lowest BCUT2D eigenvalue weighted by Crippen LogP contribution is -2.16. The lowest BCUT2D eigenvalue weighted by atomic mass is 10.3. The number of nitrogens with zero attached hydrogens (tertiary/aromatic N) is 3. The van der Waals surface area contributed by atoms with Gasteiger partial charge < -0.3 is 4.74 Å². The van der Waals surface area contributed by atoms with Crippen molar-refractivity contribution in [2.24, 2.45) is 0 Å². The molecule has 0 saturated heterocycles. The van der Waals surface area contributed by atoms with E-state index in [-0.39, 0.29) is 0 Å². The predicted octanol–water partition coefficient (Wildman–Crippen LogP) is 0.285. The van der Waals surface area contributed by atoms with Crippen LogP contribution in [-0.4, -0.2) is 16.4 Å². The van der Waals surface area contributed by atoms with Gasteiger partial charge in [0.25, 0.3) is 0 Å². The largest absolute Gasteiger partial charge is 0.373 e. The molecule has 0 spiro atoms. The molecule has 2 heterocycles. The molecule has 0 aromatic carbocycles. The molecule has 56 valence electrons. The third-order valence-corrected chi connectivity index (χ3v) is 1.68. The van der Waals surface area contributed by atoms with Crippen molar-refractivity contribution in [3.8, 4) is 6.07 Å². The molecule has 4 heteroatoms. The molecule has 0 atom stereocenters. The molecule has 1 aliphatic rings. The second kappa shape index (κ2) is 2.36. The Balaban J connectivity index is 2.42. The van der Waals surface area contributed by atoms with E-state index in [0.717, 1.165) is 12.2 Å². The number of rotatable bonds is 0. The maximum absolute atomic E-state index is 8.52. The van der Waals surface area contributed by atoms with Crippen LogP contribution >= 0.6 is 0 Å². The van der Waals surface area contributed by atoms with E-state index in [4.69, 9.17) is 10.00 Å². The van der Waals surface area contributed by atoms with Crippen LogP contribution in [0.25, 0.3) is 0 Å². The Labute approximate surface area is 64.0 Å². The molecule has 0 N–H and O–H groups in total. The average molecular weight is 149 g/mol. The number of hydrogen-bond donors (Lipinski definition) is 0. The van der Waals surface area contributed by atoms with Gasteiger partial charge in [-0.3, -0.25) is 4.68 Å². The molecule has 0 amide bonds. The van der Waals surface area contributed by atoms with Gasteiger partial charge in [0, 0.05) is 0 Å². The minimum absolute atomic E-state index is 0.477. The first-order chi connectivity index (χ1) is 5.40. The maximum Gasteiger partial charge on any atom is 0.162 e. The van der Waals surface area contributed by atoms with Gasteiger partial charge in [-0.1, -0.05) is 0 Å². The Bertz CT molecular complexity index is 286. The van der Waals surface area contributed by atoms with Gasteiger partial charge in [-0.05, 0) is 6.07 Å². The van der Waals surface area contributed by atoms with Gasteiger partial charge in [0.1, 0.15) is 6.07 Å². The molecule has 0 bridgehead atoms. The SMILES string of the molecule is N#Cc1cc2n(n1)CCOC2. The number of hydrogen-bond acceptors (Lipinski definition) is 3. The van der Waals surface area contributed by atoms with Gasteiger partial charge >= 0.3 is 0 Å². The van der Waals surface area contributed by atoms with Crippen LogP contribution in [0.4, 0.5) is 0 Å². The van der Waals surface area contributed by atoms with Crippen molar-refractivity contribution in [1.29, 1.82) is 5.26 Å². The second-order valence-electron chi connectivity index (χ2n) is 2.41. The van der Waals surface area contributed by atoms with Crippen LogP contribution in [0.2, 0.25) is 0 Å². The standard InChI is InChI=1S/C7H7N3O/c8-4-6-3-7-5-11-2-1-10(7)9-6/h3H,1-2,5H2. The lowest BCUT2D eigenvalue weighted by Gasteiger charge is -2.12. The van der Waals surface area contributed by atoms with E-state index in [1.54, 1.807) is 6.07 Å². The van der Waals surface area contributed by atoms with Crippen molar-refractivity contribution in [3.05, 3.63) is 17.5 Å². The molecule has 0 fully saturated rings. The Hall–Kier alpha value is -1.34. The van der Waals surface area contributed by atoms with Gasteiger partial charge in [-0.2, -0.15) is 10.4 Å². The summed E-state index contributed by atoms with van der Waals surface area (Å²) in [6, 6.07) is 3.76. The minimum atomic E-state index is 0.477. The van der Waals surface area contributed by atoms with Gasteiger partial charge in [0.05, 0.1) is 25.5 Å². The lowest BCUT2D eigenvalue weighted by molar-refractivity contribution is 0.0800. The number of aromatic nitrogens is 2. The summed E-state index contributed by atoms with van der Waals surface area (Å²) in [5.41, 5.74) is 1.47. The number of nitriles is 1. The molecule has 1 aromatic rings. The fourth-order valence-corrected chi connectivity index (χ4v) is 1.15. The van der Waals surface area contributed by atoms with Crippen molar-refractivity contribution < 1.29 is 4.74 Å². The van der Waals surface area contributed by atoms with Crippen LogP contribution in [0.15, 0.2) is 6.07 Å². The monoisotopic (exact) mass is 149 g/mol. The Morgan fingerprint density at radius 1 is 1.73 bits per heavy atom. The van der Waals surface area contributed by atoms with E-state index >= 15 is 0 Å². The van der Waals surface area contributed by atoms with Crippen molar-refractivity contribution >= 4 is 0 Å². The quantitative estimate of drug-likeness (QED) is 0.532. The summed E-state index contributed by atoms with van der Waals surface area (Å²) >= 11 is 0. The van der Waals surface area contributed by atoms with Crippen molar-refractivity contribution in [1.82, 2.24) is 9.78 Å². The molecule has 0 unspecified atom stereocenters. The highest BCUT2D eigenvalue weighted by Crippen LogP contribution is 2.09. The summed E-state index contributed by atoms with van der Waals surface area (Å²) in [6.07, 6.45) is 0. The summed E-state index contributed by atoms with van der Waals surface area (Å²) in [7, 11) is 0. The van der Waals surface area contributed by atoms with Crippen LogP contribution in [0.1, 0.15) is 11.4 Å². The van der Waals surface area contributed by atoms with Crippen molar-refractivity contribution in [3.63, 3.8) is 0 Å². The predicted molar refractivity (Wildman–Crippen MR) is 36.6 cm³/mol. The zero-order chi connectivity index (χ0) is 7.68.